The molecule has 0 radical (unpaired) electrons. The molecule has 8 nitrogen and oxygen atoms in total. The lowest BCUT2D eigenvalue weighted by molar-refractivity contribution is 0.478. The Morgan fingerprint density at radius 2 is 1.24 bits per heavy atom. The van der Waals surface area contributed by atoms with Crippen LogP contribution in [0.5, 0.6) is 0 Å². The molecule has 0 bridgehead atoms. The zero-order chi connectivity index (χ0) is 19.2. The first kappa shape index (κ1) is 20.1. The Hall–Kier alpha value is -1.21. The maximum atomic E-state index is 12.7. The highest BCUT2D eigenvalue weighted by molar-refractivity contribution is 7.93. The molecular weight excluding hydrogens is 439 g/mol. The molecule has 2 aromatic carbocycles. The van der Waals surface area contributed by atoms with E-state index in [1.807, 2.05) is 0 Å². The Morgan fingerprint density at radius 3 is 1.72 bits per heavy atom. The SMILES string of the molecule is O=S(=O)(O)c1ccc(S(=O)(=O)c2ccc(Cl)cc2Cl)c(S(=O)(=O)O)c1. The number of halogens is 2. The van der Waals surface area contributed by atoms with Gasteiger partial charge in [-0.1, -0.05) is 23.2 Å². The van der Waals surface area contributed by atoms with Gasteiger partial charge in [-0.3, -0.25) is 9.11 Å². The molecule has 0 fully saturated rings. The fourth-order valence-corrected chi connectivity index (χ4v) is 5.79. The van der Waals surface area contributed by atoms with Gasteiger partial charge in [0.15, 0.2) is 0 Å². The lowest BCUT2D eigenvalue weighted by atomic mass is 10.3. The summed E-state index contributed by atoms with van der Waals surface area (Å²) in [5.41, 5.74) is 0. The summed E-state index contributed by atoms with van der Waals surface area (Å²) in [5, 5.41) is -0.187. The van der Waals surface area contributed by atoms with Crippen LogP contribution in [0.3, 0.4) is 0 Å². The molecule has 0 aliphatic rings. The van der Waals surface area contributed by atoms with Gasteiger partial charge >= 0.3 is 0 Å². The molecule has 0 unspecified atom stereocenters. The summed E-state index contributed by atoms with van der Waals surface area (Å²) in [6.07, 6.45) is 0. The average Bonchev–Trinajstić information content (AvgIpc) is 2.44. The van der Waals surface area contributed by atoms with E-state index in [-0.39, 0.29) is 10.0 Å². The minimum absolute atomic E-state index is 0.126. The fourth-order valence-electron chi connectivity index (χ4n) is 1.88. The van der Waals surface area contributed by atoms with Gasteiger partial charge in [0.1, 0.15) is 4.90 Å². The molecule has 0 atom stereocenters. The zero-order valence-electron chi connectivity index (χ0n) is 11.8. The van der Waals surface area contributed by atoms with Crippen molar-refractivity contribution < 1.29 is 34.4 Å². The van der Waals surface area contributed by atoms with E-state index in [4.69, 9.17) is 27.8 Å². The van der Waals surface area contributed by atoms with E-state index in [0.717, 1.165) is 12.1 Å². The van der Waals surface area contributed by atoms with Crippen molar-refractivity contribution in [3.63, 3.8) is 0 Å². The maximum Gasteiger partial charge on any atom is 0.295 e. The Kier molecular flexibility index (Phi) is 5.23. The third-order valence-electron chi connectivity index (χ3n) is 2.96. The first-order chi connectivity index (χ1) is 11.2. The normalized spacial score (nSPS) is 13.0. The second-order valence-corrected chi connectivity index (χ2v) is 10.2. The Bertz CT molecular complexity index is 1170. The standard InChI is InChI=1S/C12H8Cl2O8S3/c13-7-1-3-10(9(14)5-7)23(15,16)11-4-2-8(24(17,18)19)6-12(11)25(20,21)22/h1-6H,(H,17,18,19)(H,20,21,22). The summed E-state index contributed by atoms with van der Waals surface area (Å²) in [4.78, 5) is -3.58. The Morgan fingerprint density at radius 1 is 0.680 bits per heavy atom. The number of benzene rings is 2. The van der Waals surface area contributed by atoms with Crippen LogP contribution in [0.1, 0.15) is 0 Å². The predicted molar refractivity (Wildman–Crippen MR) is 88.0 cm³/mol. The van der Waals surface area contributed by atoms with Crippen molar-refractivity contribution in [3.05, 3.63) is 46.4 Å². The summed E-state index contributed by atoms with van der Waals surface area (Å²) in [6, 6.07) is 4.93. The molecule has 0 spiro atoms. The van der Waals surface area contributed by atoms with Crippen molar-refractivity contribution in [2.45, 2.75) is 19.6 Å². The highest BCUT2D eigenvalue weighted by Gasteiger charge is 2.30. The Labute approximate surface area is 153 Å². The second kappa shape index (κ2) is 6.50. The number of hydrogen-bond acceptors (Lipinski definition) is 6. The largest absolute Gasteiger partial charge is 0.295 e. The zero-order valence-corrected chi connectivity index (χ0v) is 15.8. The smallest absolute Gasteiger partial charge is 0.282 e. The van der Waals surface area contributed by atoms with Crippen LogP contribution in [0.15, 0.2) is 56.0 Å². The average molecular weight is 447 g/mol. The molecule has 0 heterocycles. The highest BCUT2D eigenvalue weighted by atomic mass is 35.5. The van der Waals surface area contributed by atoms with Gasteiger partial charge in [0, 0.05) is 5.02 Å². The van der Waals surface area contributed by atoms with Crippen molar-refractivity contribution >= 4 is 53.3 Å². The first-order valence-corrected chi connectivity index (χ1v) is 11.2. The second-order valence-electron chi connectivity index (χ2n) is 4.64. The summed E-state index contributed by atoms with van der Waals surface area (Å²) < 4.78 is 88.9. The van der Waals surface area contributed by atoms with Crippen molar-refractivity contribution in [1.82, 2.24) is 0 Å². The van der Waals surface area contributed by atoms with Crippen LogP contribution in [0.2, 0.25) is 10.0 Å². The van der Waals surface area contributed by atoms with Crippen molar-refractivity contribution in [2.75, 3.05) is 0 Å². The molecule has 0 aliphatic heterocycles. The van der Waals surface area contributed by atoms with Gasteiger partial charge in [0.25, 0.3) is 20.2 Å². The van der Waals surface area contributed by atoms with E-state index in [1.54, 1.807) is 0 Å². The van der Waals surface area contributed by atoms with Crippen LogP contribution in [0.4, 0.5) is 0 Å². The molecular formula is C12H8Cl2O8S3. The van der Waals surface area contributed by atoms with Gasteiger partial charge in [-0.05, 0) is 36.4 Å². The Balaban J connectivity index is 2.86. The summed E-state index contributed by atoms with van der Waals surface area (Å²) >= 11 is 11.5. The van der Waals surface area contributed by atoms with Gasteiger partial charge in [-0.15, -0.1) is 0 Å². The molecule has 13 heteroatoms. The van der Waals surface area contributed by atoms with Crippen LogP contribution in [0.25, 0.3) is 0 Å². The molecule has 25 heavy (non-hydrogen) atoms. The van der Waals surface area contributed by atoms with Crippen LogP contribution < -0.4 is 0 Å². The minimum Gasteiger partial charge on any atom is -0.282 e. The monoisotopic (exact) mass is 446 g/mol. The van der Waals surface area contributed by atoms with Crippen LogP contribution in [-0.4, -0.2) is 34.4 Å². The summed E-state index contributed by atoms with van der Waals surface area (Å²) in [5.74, 6) is 0. The van der Waals surface area contributed by atoms with E-state index in [9.17, 15) is 29.8 Å². The van der Waals surface area contributed by atoms with Crippen molar-refractivity contribution in [2.24, 2.45) is 0 Å². The van der Waals surface area contributed by atoms with Crippen molar-refractivity contribution in [1.29, 1.82) is 0 Å². The molecule has 0 aliphatic carbocycles. The van der Waals surface area contributed by atoms with Gasteiger partial charge in [0.05, 0.1) is 19.7 Å². The van der Waals surface area contributed by atoms with Gasteiger partial charge in [-0.2, -0.15) is 16.8 Å². The van der Waals surface area contributed by atoms with Crippen LogP contribution >= 0.6 is 23.2 Å². The summed E-state index contributed by atoms with van der Waals surface area (Å²) in [6.45, 7) is 0. The lowest BCUT2D eigenvalue weighted by Crippen LogP contribution is -2.12. The molecule has 0 amide bonds. The molecule has 0 saturated carbocycles. The lowest BCUT2D eigenvalue weighted by Gasteiger charge is -2.11. The van der Waals surface area contributed by atoms with E-state index >= 15 is 0 Å². The van der Waals surface area contributed by atoms with Gasteiger partial charge < -0.3 is 0 Å². The number of rotatable bonds is 4. The molecule has 2 aromatic rings. The van der Waals surface area contributed by atoms with E-state index in [0.29, 0.717) is 18.2 Å². The predicted octanol–water partition coefficient (Wildman–Crippen LogP) is 2.32. The van der Waals surface area contributed by atoms with Gasteiger partial charge in [-0.25, -0.2) is 8.42 Å². The molecule has 136 valence electrons. The van der Waals surface area contributed by atoms with Crippen LogP contribution in [0, 0.1) is 0 Å². The quantitative estimate of drug-likeness (QED) is 0.680. The maximum absolute atomic E-state index is 12.7. The molecule has 0 aromatic heterocycles. The molecule has 0 saturated heterocycles. The topological polar surface area (TPSA) is 143 Å². The van der Waals surface area contributed by atoms with Crippen molar-refractivity contribution in [3.8, 4) is 0 Å². The van der Waals surface area contributed by atoms with E-state index in [2.05, 4.69) is 0 Å². The van der Waals surface area contributed by atoms with E-state index in [1.165, 1.54) is 6.07 Å². The molecule has 2 N–H and O–H groups in total. The highest BCUT2D eigenvalue weighted by Crippen LogP contribution is 2.33. The molecule has 2 rings (SSSR count). The minimum atomic E-state index is -5.15. The van der Waals surface area contributed by atoms with Crippen LogP contribution in [-0.2, 0) is 30.1 Å². The third-order valence-corrected chi connectivity index (χ3v) is 7.37. The third kappa shape index (κ3) is 4.14. The van der Waals surface area contributed by atoms with E-state index < -0.39 is 49.7 Å². The number of hydrogen-bond donors (Lipinski definition) is 2. The van der Waals surface area contributed by atoms with Gasteiger partial charge in [0.2, 0.25) is 9.84 Å². The first-order valence-electron chi connectivity index (χ1n) is 6.04. The number of sulfone groups is 1. The fraction of sp³-hybridized carbons (Fsp3) is 0. The summed E-state index contributed by atoms with van der Waals surface area (Å²) in [7, 11) is -14.6.